The summed E-state index contributed by atoms with van der Waals surface area (Å²) >= 11 is 0. The summed E-state index contributed by atoms with van der Waals surface area (Å²) in [6, 6.07) is 6.61. The lowest BCUT2D eigenvalue weighted by Crippen LogP contribution is -2.39. The number of hydrogen-bond acceptors (Lipinski definition) is 4. The van der Waals surface area contributed by atoms with Crippen LogP contribution in [-0.4, -0.2) is 33.9 Å². The van der Waals surface area contributed by atoms with E-state index in [0.717, 1.165) is 62.4 Å². The Morgan fingerprint density at radius 3 is 3.07 bits per heavy atom. The van der Waals surface area contributed by atoms with Crippen LogP contribution in [-0.2, 0) is 24.2 Å². The molecule has 1 saturated heterocycles. The Morgan fingerprint density at radius 1 is 1.30 bits per heavy atom. The van der Waals surface area contributed by atoms with Crippen LogP contribution in [0.25, 0.3) is 0 Å². The number of carbonyl (C=O) groups is 1. The van der Waals surface area contributed by atoms with Crippen LogP contribution in [0.1, 0.15) is 54.4 Å². The SMILES string of the molecule is O=C(CCc1ccccc1F)N1CCCCC1c1ncc2c(n1)CCNC2. The average Bonchev–Trinajstić information content (AvgIpc) is 2.72. The van der Waals surface area contributed by atoms with Gasteiger partial charge >= 0.3 is 0 Å². The zero-order valence-electron chi connectivity index (χ0n) is 15.5. The lowest BCUT2D eigenvalue weighted by Gasteiger charge is -2.35. The van der Waals surface area contributed by atoms with Crippen molar-refractivity contribution in [1.29, 1.82) is 0 Å². The van der Waals surface area contributed by atoms with Crippen molar-refractivity contribution in [2.45, 2.75) is 51.1 Å². The molecule has 1 amide bonds. The van der Waals surface area contributed by atoms with Crippen LogP contribution in [0.3, 0.4) is 0 Å². The number of halogens is 1. The third-order valence-electron chi connectivity index (χ3n) is 5.51. The van der Waals surface area contributed by atoms with Gasteiger partial charge in [-0.15, -0.1) is 0 Å². The molecule has 1 atom stereocenters. The first-order chi connectivity index (χ1) is 13.2. The van der Waals surface area contributed by atoms with Crippen LogP contribution in [0.4, 0.5) is 4.39 Å². The molecule has 2 aliphatic heterocycles. The van der Waals surface area contributed by atoms with Gasteiger partial charge in [0.2, 0.25) is 5.91 Å². The number of carbonyl (C=O) groups excluding carboxylic acids is 1. The van der Waals surface area contributed by atoms with E-state index in [2.05, 4.69) is 10.3 Å². The normalized spacial score (nSPS) is 19.6. The first-order valence-corrected chi connectivity index (χ1v) is 9.80. The Kier molecular flexibility index (Phi) is 5.43. The fourth-order valence-corrected chi connectivity index (χ4v) is 4.00. The summed E-state index contributed by atoms with van der Waals surface area (Å²) in [5.41, 5.74) is 2.85. The quantitative estimate of drug-likeness (QED) is 0.901. The Morgan fingerprint density at radius 2 is 2.19 bits per heavy atom. The minimum absolute atomic E-state index is 0.0611. The van der Waals surface area contributed by atoms with Crippen molar-refractivity contribution in [2.75, 3.05) is 13.1 Å². The van der Waals surface area contributed by atoms with Crippen molar-refractivity contribution < 1.29 is 9.18 Å². The van der Waals surface area contributed by atoms with E-state index in [1.165, 1.54) is 6.07 Å². The number of benzene rings is 1. The molecule has 4 rings (SSSR count). The highest BCUT2D eigenvalue weighted by Crippen LogP contribution is 2.30. The monoisotopic (exact) mass is 368 g/mol. The molecule has 1 N–H and O–H groups in total. The fraction of sp³-hybridized carbons (Fsp3) is 0.476. The predicted molar refractivity (Wildman–Crippen MR) is 100 cm³/mol. The van der Waals surface area contributed by atoms with Gasteiger partial charge in [-0.1, -0.05) is 18.2 Å². The summed E-state index contributed by atoms with van der Waals surface area (Å²) in [6.07, 6.45) is 6.50. The molecular weight excluding hydrogens is 343 g/mol. The molecule has 142 valence electrons. The molecule has 1 unspecified atom stereocenters. The molecule has 0 radical (unpaired) electrons. The standard InChI is InChI=1S/C21H25FN4O/c22-17-6-2-1-5-15(17)8-9-20(27)26-12-4-3-7-19(26)21-24-14-16-13-23-11-10-18(16)25-21/h1-2,5-6,14,19,23H,3-4,7-13H2. The number of likely N-dealkylation sites (tertiary alicyclic amines) is 1. The summed E-state index contributed by atoms with van der Waals surface area (Å²) in [6.45, 7) is 2.47. The van der Waals surface area contributed by atoms with Crippen molar-refractivity contribution in [3.8, 4) is 0 Å². The van der Waals surface area contributed by atoms with Crippen molar-refractivity contribution in [2.24, 2.45) is 0 Å². The Bertz CT molecular complexity index is 826. The van der Waals surface area contributed by atoms with Crippen LogP contribution < -0.4 is 5.32 Å². The molecule has 0 bridgehead atoms. The second-order valence-corrected chi connectivity index (χ2v) is 7.32. The number of amides is 1. The van der Waals surface area contributed by atoms with Crippen LogP contribution in [0, 0.1) is 5.82 Å². The molecule has 1 aromatic heterocycles. The van der Waals surface area contributed by atoms with Gasteiger partial charge in [0, 0.05) is 49.9 Å². The van der Waals surface area contributed by atoms with Gasteiger partial charge in [0.1, 0.15) is 5.82 Å². The maximum absolute atomic E-state index is 13.8. The number of piperidine rings is 1. The zero-order valence-corrected chi connectivity index (χ0v) is 15.5. The predicted octanol–water partition coefficient (Wildman–Crippen LogP) is 2.95. The van der Waals surface area contributed by atoms with Gasteiger partial charge in [-0.25, -0.2) is 14.4 Å². The third-order valence-corrected chi connectivity index (χ3v) is 5.51. The number of rotatable bonds is 4. The van der Waals surface area contributed by atoms with Gasteiger partial charge in [0.15, 0.2) is 5.82 Å². The van der Waals surface area contributed by atoms with Gasteiger partial charge in [-0.05, 0) is 37.3 Å². The fourth-order valence-electron chi connectivity index (χ4n) is 4.00. The van der Waals surface area contributed by atoms with Gasteiger partial charge < -0.3 is 10.2 Å². The molecule has 2 aliphatic rings. The molecular formula is C21H25FN4O. The van der Waals surface area contributed by atoms with Crippen molar-refractivity contribution in [3.63, 3.8) is 0 Å². The van der Waals surface area contributed by atoms with Gasteiger partial charge in [0.05, 0.1) is 6.04 Å². The minimum Gasteiger partial charge on any atom is -0.332 e. The number of nitrogens with one attached hydrogen (secondary N) is 1. The Labute approximate surface area is 159 Å². The lowest BCUT2D eigenvalue weighted by atomic mass is 9.99. The molecule has 1 fully saturated rings. The Balaban J connectivity index is 1.48. The molecule has 3 heterocycles. The van der Waals surface area contributed by atoms with Crippen molar-refractivity contribution >= 4 is 5.91 Å². The van der Waals surface area contributed by atoms with E-state index < -0.39 is 0 Å². The van der Waals surface area contributed by atoms with Gasteiger partial charge in [-0.2, -0.15) is 0 Å². The van der Waals surface area contributed by atoms with Crippen LogP contribution >= 0.6 is 0 Å². The van der Waals surface area contributed by atoms with E-state index in [4.69, 9.17) is 4.98 Å². The number of hydrogen-bond donors (Lipinski definition) is 1. The van der Waals surface area contributed by atoms with E-state index in [0.29, 0.717) is 18.4 Å². The molecule has 2 aromatic rings. The molecule has 6 heteroatoms. The first kappa shape index (κ1) is 18.0. The first-order valence-electron chi connectivity index (χ1n) is 9.80. The summed E-state index contributed by atoms with van der Waals surface area (Å²) in [4.78, 5) is 24.2. The van der Waals surface area contributed by atoms with E-state index in [-0.39, 0.29) is 17.8 Å². The highest BCUT2D eigenvalue weighted by atomic mass is 19.1. The van der Waals surface area contributed by atoms with Crippen LogP contribution in [0.5, 0.6) is 0 Å². The zero-order chi connectivity index (χ0) is 18.6. The second-order valence-electron chi connectivity index (χ2n) is 7.32. The van der Waals surface area contributed by atoms with E-state index in [1.807, 2.05) is 17.2 Å². The number of fused-ring (bicyclic) bond motifs is 1. The molecule has 0 spiro atoms. The molecule has 27 heavy (non-hydrogen) atoms. The van der Waals surface area contributed by atoms with Gasteiger partial charge in [0.25, 0.3) is 0 Å². The number of nitrogens with zero attached hydrogens (tertiary/aromatic N) is 3. The minimum atomic E-state index is -0.243. The average molecular weight is 368 g/mol. The molecule has 0 saturated carbocycles. The summed E-state index contributed by atoms with van der Waals surface area (Å²) in [5, 5.41) is 3.33. The van der Waals surface area contributed by atoms with Crippen molar-refractivity contribution in [1.82, 2.24) is 20.2 Å². The van der Waals surface area contributed by atoms with E-state index in [9.17, 15) is 9.18 Å². The highest BCUT2D eigenvalue weighted by molar-refractivity contribution is 5.77. The van der Waals surface area contributed by atoms with Gasteiger partial charge in [-0.3, -0.25) is 4.79 Å². The van der Waals surface area contributed by atoms with E-state index in [1.54, 1.807) is 12.1 Å². The third kappa shape index (κ3) is 4.00. The van der Waals surface area contributed by atoms with Crippen LogP contribution in [0.2, 0.25) is 0 Å². The van der Waals surface area contributed by atoms with Crippen molar-refractivity contribution in [3.05, 3.63) is 58.9 Å². The van der Waals surface area contributed by atoms with Crippen LogP contribution in [0.15, 0.2) is 30.5 Å². The second kappa shape index (κ2) is 8.13. The summed E-state index contributed by atoms with van der Waals surface area (Å²) in [7, 11) is 0. The highest BCUT2D eigenvalue weighted by Gasteiger charge is 2.30. The Hall–Kier alpha value is -2.34. The summed E-state index contributed by atoms with van der Waals surface area (Å²) in [5.74, 6) is 0.577. The maximum Gasteiger partial charge on any atom is 0.223 e. The largest absolute Gasteiger partial charge is 0.332 e. The summed E-state index contributed by atoms with van der Waals surface area (Å²) < 4.78 is 13.8. The number of aryl methyl sites for hydroxylation is 1. The molecule has 1 aromatic carbocycles. The lowest BCUT2D eigenvalue weighted by molar-refractivity contribution is -0.135. The maximum atomic E-state index is 13.8. The molecule has 0 aliphatic carbocycles. The number of aromatic nitrogens is 2. The topological polar surface area (TPSA) is 58.1 Å². The van der Waals surface area contributed by atoms with E-state index >= 15 is 0 Å². The smallest absolute Gasteiger partial charge is 0.223 e. The molecule has 5 nitrogen and oxygen atoms in total.